The summed E-state index contributed by atoms with van der Waals surface area (Å²) in [7, 11) is 0. The number of hydrogen-bond donors (Lipinski definition) is 1. The van der Waals surface area contributed by atoms with Crippen LogP contribution in [0.2, 0.25) is 0 Å². The number of ketones is 2. The molecule has 0 aromatic carbocycles. The first-order chi connectivity index (χ1) is 12.1. The van der Waals surface area contributed by atoms with Gasteiger partial charge in [-0.05, 0) is 42.1 Å². The molecule has 26 heavy (non-hydrogen) atoms. The molecule has 8 atom stereocenters. The highest BCUT2D eigenvalue weighted by molar-refractivity contribution is 6.02. The van der Waals surface area contributed by atoms with Gasteiger partial charge >= 0.3 is 6.16 Å². The minimum Gasteiger partial charge on any atom is -0.422 e. The number of Topliss-reactive ketones (excluding diaryl/α,β-unsaturated/α-hetero) is 2. The molecule has 6 heteroatoms. The summed E-state index contributed by atoms with van der Waals surface area (Å²) >= 11 is 0. The van der Waals surface area contributed by atoms with E-state index in [1.165, 1.54) is 0 Å². The predicted molar refractivity (Wildman–Crippen MR) is 88.9 cm³/mol. The Bertz CT molecular complexity index is 796. The molecule has 0 amide bonds. The second kappa shape index (κ2) is 4.41. The Balaban J connectivity index is 1.78. The van der Waals surface area contributed by atoms with E-state index in [1.54, 1.807) is 6.92 Å². The molecule has 140 valence electrons. The Hall–Kier alpha value is -1.69. The average molecular weight is 360 g/mol. The standard InChI is InChI=1S/C20H24O6/c1-8-7-19-9(2)5-11-13(18(11,3)4)10(14(19)22)6-12(21)15(23)20(19)16(8)25-17(24)26-20/h7,9-11,13,15-16,23H,5-6H2,1-4H3/t9-,10+,11-,13+,15-,16+,19+,20+/m1/s1. The smallest absolute Gasteiger partial charge is 0.422 e. The zero-order valence-corrected chi connectivity index (χ0v) is 15.4. The van der Waals surface area contributed by atoms with Crippen molar-refractivity contribution in [1.29, 1.82) is 0 Å². The fourth-order valence-electron chi connectivity index (χ4n) is 7.00. The van der Waals surface area contributed by atoms with Crippen LogP contribution in [-0.4, -0.2) is 40.6 Å². The van der Waals surface area contributed by atoms with Gasteiger partial charge in [0.25, 0.3) is 0 Å². The van der Waals surface area contributed by atoms with Gasteiger partial charge in [-0.3, -0.25) is 9.59 Å². The van der Waals surface area contributed by atoms with E-state index in [9.17, 15) is 19.5 Å². The van der Waals surface area contributed by atoms with Crippen LogP contribution in [0, 0.1) is 34.5 Å². The zero-order chi connectivity index (χ0) is 18.8. The van der Waals surface area contributed by atoms with Crippen LogP contribution in [-0.2, 0) is 19.1 Å². The van der Waals surface area contributed by atoms with E-state index in [1.807, 2.05) is 13.0 Å². The van der Waals surface area contributed by atoms with Gasteiger partial charge in [0.2, 0.25) is 5.60 Å². The monoisotopic (exact) mass is 360 g/mol. The van der Waals surface area contributed by atoms with Crippen LogP contribution in [0.5, 0.6) is 0 Å². The molecule has 5 aliphatic rings. The molecular formula is C20H24O6. The van der Waals surface area contributed by atoms with Gasteiger partial charge in [0, 0.05) is 12.3 Å². The van der Waals surface area contributed by atoms with Crippen molar-refractivity contribution in [2.75, 3.05) is 0 Å². The molecule has 1 heterocycles. The molecule has 1 saturated heterocycles. The third-order valence-corrected chi connectivity index (χ3v) is 8.21. The number of carbonyl (C=O) groups is 3. The van der Waals surface area contributed by atoms with Crippen molar-refractivity contribution in [2.24, 2.45) is 34.5 Å². The lowest BCUT2D eigenvalue weighted by Crippen LogP contribution is -2.64. The van der Waals surface area contributed by atoms with Gasteiger partial charge in [-0.15, -0.1) is 0 Å². The van der Waals surface area contributed by atoms with Crippen molar-refractivity contribution in [2.45, 2.75) is 58.3 Å². The van der Waals surface area contributed by atoms with Crippen LogP contribution < -0.4 is 0 Å². The normalized spacial score (nSPS) is 53.4. The lowest BCUT2D eigenvalue weighted by Gasteiger charge is -2.45. The Morgan fingerprint density at radius 2 is 1.92 bits per heavy atom. The second-order valence-electron chi connectivity index (χ2n) is 9.53. The first-order valence-electron chi connectivity index (χ1n) is 9.43. The van der Waals surface area contributed by atoms with Crippen molar-refractivity contribution in [1.82, 2.24) is 0 Å². The van der Waals surface area contributed by atoms with Crippen LogP contribution in [0.3, 0.4) is 0 Å². The van der Waals surface area contributed by atoms with Crippen molar-refractivity contribution in [3.05, 3.63) is 11.6 Å². The lowest BCUT2D eigenvalue weighted by molar-refractivity contribution is -0.168. The number of carbonyl (C=O) groups excluding carboxylic acids is 3. The van der Waals surface area contributed by atoms with Crippen molar-refractivity contribution in [3.8, 4) is 0 Å². The van der Waals surface area contributed by atoms with Gasteiger partial charge in [0.15, 0.2) is 23.8 Å². The van der Waals surface area contributed by atoms with E-state index in [0.29, 0.717) is 11.5 Å². The van der Waals surface area contributed by atoms with Crippen LogP contribution in [0.25, 0.3) is 0 Å². The second-order valence-corrected chi connectivity index (χ2v) is 9.53. The summed E-state index contributed by atoms with van der Waals surface area (Å²) in [5.41, 5.74) is -2.16. The maximum atomic E-state index is 13.9. The number of hydrogen-bond acceptors (Lipinski definition) is 6. The minimum absolute atomic E-state index is 0.0119. The highest BCUT2D eigenvalue weighted by Gasteiger charge is 2.81. The SMILES string of the molecule is CC1=C[C@]23C(=O)[C@@H](CC(=O)[C@@H](O)[C@@]24OC(=O)O[C@@H]14)[C@H]1[C@@H](C[C@H]3C)C1(C)C. The predicted octanol–water partition coefficient (Wildman–Crippen LogP) is 2.04. The number of fused-ring (bicyclic) bond motifs is 3. The molecule has 1 N–H and O–H groups in total. The molecular weight excluding hydrogens is 336 g/mol. The average Bonchev–Trinajstić information content (AvgIpc) is 2.87. The summed E-state index contributed by atoms with van der Waals surface area (Å²) in [5, 5.41) is 11.0. The molecule has 0 aromatic rings. The largest absolute Gasteiger partial charge is 0.509 e. The molecule has 0 aromatic heterocycles. The van der Waals surface area contributed by atoms with Crippen LogP contribution in [0.15, 0.2) is 11.6 Å². The van der Waals surface area contributed by atoms with Gasteiger partial charge in [-0.2, -0.15) is 0 Å². The zero-order valence-electron chi connectivity index (χ0n) is 15.4. The summed E-state index contributed by atoms with van der Waals surface area (Å²) in [6.45, 7) is 8.06. The van der Waals surface area contributed by atoms with Crippen molar-refractivity contribution < 1.29 is 29.0 Å². The lowest BCUT2D eigenvalue weighted by atomic mass is 9.59. The van der Waals surface area contributed by atoms with Gasteiger partial charge < -0.3 is 14.6 Å². The van der Waals surface area contributed by atoms with Gasteiger partial charge in [0.05, 0.1) is 5.41 Å². The molecule has 0 unspecified atom stereocenters. The maximum absolute atomic E-state index is 13.9. The highest BCUT2D eigenvalue weighted by atomic mass is 16.8. The minimum atomic E-state index is -1.66. The first-order valence-corrected chi connectivity index (χ1v) is 9.43. The quantitative estimate of drug-likeness (QED) is 0.525. The molecule has 2 spiro atoms. The van der Waals surface area contributed by atoms with Crippen LogP contribution >= 0.6 is 0 Å². The number of aliphatic hydroxyl groups is 1. The van der Waals surface area contributed by atoms with E-state index in [2.05, 4.69) is 13.8 Å². The summed E-state index contributed by atoms with van der Waals surface area (Å²) in [5.74, 6) is -0.598. The van der Waals surface area contributed by atoms with Crippen molar-refractivity contribution in [3.63, 3.8) is 0 Å². The fourth-order valence-corrected chi connectivity index (χ4v) is 7.00. The fraction of sp³-hybridized carbons (Fsp3) is 0.750. The summed E-state index contributed by atoms with van der Waals surface area (Å²) in [4.78, 5) is 38.9. The summed E-state index contributed by atoms with van der Waals surface area (Å²) < 4.78 is 10.9. The Kier molecular flexibility index (Phi) is 2.79. The Morgan fingerprint density at radius 1 is 1.23 bits per heavy atom. The third-order valence-electron chi connectivity index (χ3n) is 8.21. The van der Waals surface area contributed by atoms with Crippen LogP contribution in [0.1, 0.15) is 40.5 Å². The molecule has 2 bridgehead atoms. The topological polar surface area (TPSA) is 89.9 Å². The van der Waals surface area contributed by atoms with Crippen molar-refractivity contribution >= 4 is 17.7 Å². The van der Waals surface area contributed by atoms with E-state index >= 15 is 0 Å². The maximum Gasteiger partial charge on any atom is 0.509 e. The summed E-state index contributed by atoms with van der Waals surface area (Å²) in [6.07, 6.45) is -0.705. The van der Waals surface area contributed by atoms with Crippen LogP contribution in [0.4, 0.5) is 4.79 Å². The Morgan fingerprint density at radius 3 is 2.62 bits per heavy atom. The molecule has 4 aliphatic carbocycles. The number of ether oxygens (including phenoxy) is 2. The number of aliphatic hydroxyl groups excluding tert-OH is 1. The molecule has 6 nitrogen and oxygen atoms in total. The summed E-state index contributed by atoms with van der Waals surface area (Å²) in [6, 6.07) is 0. The Labute approximate surface area is 151 Å². The third kappa shape index (κ3) is 1.46. The first kappa shape index (κ1) is 16.5. The highest BCUT2D eigenvalue weighted by Crippen LogP contribution is 2.72. The number of rotatable bonds is 0. The molecule has 0 radical (unpaired) electrons. The van der Waals surface area contributed by atoms with E-state index in [-0.39, 0.29) is 29.5 Å². The molecule has 1 aliphatic heterocycles. The van der Waals surface area contributed by atoms with E-state index in [4.69, 9.17) is 9.47 Å². The van der Waals surface area contributed by atoms with E-state index < -0.39 is 41.1 Å². The van der Waals surface area contributed by atoms with Gasteiger partial charge in [-0.1, -0.05) is 26.8 Å². The molecule has 5 rings (SSSR count). The van der Waals surface area contributed by atoms with Gasteiger partial charge in [-0.25, -0.2) is 4.79 Å². The van der Waals surface area contributed by atoms with E-state index in [0.717, 1.165) is 6.42 Å². The van der Waals surface area contributed by atoms with Gasteiger partial charge in [0.1, 0.15) is 0 Å². The molecule has 4 fully saturated rings. The molecule has 3 saturated carbocycles.